The molecule has 2 atom stereocenters. The van der Waals surface area contributed by atoms with Crippen LogP contribution >= 0.6 is 0 Å². The Labute approximate surface area is 184 Å². The van der Waals surface area contributed by atoms with E-state index in [9.17, 15) is 0 Å². The van der Waals surface area contributed by atoms with Crippen molar-refractivity contribution in [2.24, 2.45) is 5.92 Å². The second kappa shape index (κ2) is 8.28. The number of nitrogens with zero attached hydrogens (tertiary/aromatic N) is 3. The van der Waals surface area contributed by atoms with Crippen molar-refractivity contribution in [3.8, 4) is 5.75 Å². The summed E-state index contributed by atoms with van der Waals surface area (Å²) in [5.74, 6) is 2.39. The first-order valence-electron chi connectivity index (χ1n) is 11.5. The molecule has 0 bridgehead atoms. The highest BCUT2D eigenvalue weighted by Crippen LogP contribution is 2.47. The number of aromatic nitrogens is 2. The molecule has 4 heterocycles. The van der Waals surface area contributed by atoms with Crippen LogP contribution in [0.5, 0.6) is 5.75 Å². The molecular weight excluding hydrogens is 390 g/mol. The second-order valence-corrected chi connectivity index (χ2v) is 9.64. The minimum absolute atomic E-state index is 0.0453. The molecule has 166 valence electrons. The molecule has 5 rings (SSSR count). The molecule has 2 aromatic rings. The van der Waals surface area contributed by atoms with E-state index in [0.717, 1.165) is 55.3 Å². The number of benzene rings is 1. The number of anilines is 3. The molecule has 1 aromatic carbocycles. The van der Waals surface area contributed by atoms with Crippen LogP contribution < -0.4 is 20.7 Å². The van der Waals surface area contributed by atoms with Crippen molar-refractivity contribution < 1.29 is 9.47 Å². The van der Waals surface area contributed by atoms with E-state index in [1.54, 1.807) is 6.33 Å². The van der Waals surface area contributed by atoms with Gasteiger partial charge in [-0.25, -0.2) is 9.97 Å². The van der Waals surface area contributed by atoms with Crippen molar-refractivity contribution in [1.29, 1.82) is 0 Å². The SMILES string of the molecule is CC1(C)CCC(COc2cccc(N3CC(C4CCNCC4)c4ncnc(N)c43)c2)O1. The van der Waals surface area contributed by atoms with Crippen LogP contribution in [0.3, 0.4) is 0 Å². The summed E-state index contributed by atoms with van der Waals surface area (Å²) in [7, 11) is 0. The van der Waals surface area contributed by atoms with Crippen LogP contribution in [-0.2, 0) is 4.74 Å². The highest BCUT2D eigenvalue weighted by molar-refractivity contribution is 5.78. The smallest absolute Gasteiger partial charge is 0.151 e. The summed E-state index contributed by atoms with van der Waals surface area (Å²) in [6.45, 7) is 7.88. The summed E-state index contributed by atoms with van der Waals surface area (Å²) >= 11 is 0. The average Bonchev–Trinajstić information content (AvgIpc) is 3.34. The number of piperidine rings is 1. The Hall–Kier alpha value is -2.38. The van der Waals surface area contributed by atoms with Gasteiger partial charge in [-0.2, -0.15) is 0 Å². The Morgan fingerprint density at radius 3 is 2.84 bits per heavy atom. The topological polar surface area (TPSA) is 85.5 Å². The van der Waals surface area contributed by atoms with Crippen molar-refractivity contribution in [2.75, 3.05) is 36.9 Å². The van der Waals surface area contributed by atoms with Gasteiger partial charge in [-0.15, -0.1) is 0 Å². The van der Waals surface area contributed by atoms with E-state index in [1.807, 2.05) is 12.1 Å². The van der Waals surface area contributed by atoms with Crippen molar-refractivity contribution in [2.45, 2.75) is 57.2 Å². The lowest BCUT2D eigenvalue weighted by Gasteiger charge is -2.28. The Balaban J connectivity index is 1.36. The monoisotopic (exact) mass is 423 g/mol. The van der Waals surface area contributed by atoms with Gasteiger partial charge in [0.05, 0.1) is 17.4 Å². The summed E-state index contributed by atoms with van der Waals surface area (Å²) in [5.41, 5.74) is 9.42. The fourth-order valence-corrected chi connectivity index (χ4v) is 5.31. The van der Waals surface area contributed by atoms with Gasteiger partial charge in [-0.05, 0) is 70.7 Å². The lowest BCUT2D eigenvalue weighted by molar-refractivity contribution is -0.0326. The molecule has 3 aliphatic heterocycles. The first-order chi connectivity index (χ1) is 15.0. The molecule has 1 aromatic heterocycles. The zero-order chi connectivity index (χ0) is 21.4. The van der Waals surface area contributed by atoms with E-state index < -0.39 is 0 Å². The van der Waals surface area contributed by atoms with Crippen molar-refractivity contribution in [3.63, 3.8) is 0 Å². The van der Waals surface area contributed by atoms with Gasteiger partial charge in [0.25, 0.3) is 0 Å². The van der Waals surface area contributed by atoms with Gasteiger partial charge >= 0.3 is 0 Å². The molecule has 3 N–H and O–H groups in total. The van der Waals surface area contributed by atoms with E-state index in [1.165, 1.54) is 12.8 Å². The third-order valence-electron chi connectivity index (χ3n) is 6.95. The molecule has 0 radical (unpaired) electrons. The molecule has 7 nitrogen and oxygen atoms in total. The number of rotatable bonds is 5. The average molecular weight is 424 g/mol. The highest BCUT2D eigenvalue weighted by atomic mass is 16.6. The second-order valence-electron chi connectivity index (χ2n) is 9.64. The standard InChI is InChI=1S/C24H33N5O2/c1-24(2)9-6-19(31-24)14-30-18-5-3-4-17(12-18)29-13-20(16-7-10-26-11-8-16)21-22(29)23(25)28-15-27-21/h3-5,12,15-16,19-20,26H,6-11,13-14H2,1-2H3,(H2,25,27,28). The van der Waals surface area contributed by atoms with Gasteiger partial charge in [-0.1, -0.05) is 6.07 Å². The Kier molecular flexibility index (Phi) is 5.48. The largest absolute Gasteiger partial charge is 0.491 e. The molecule has 0 aliphatic carbocycles. The van der Waals surface area contributed by atoms with Crippen LogP contribution in [0.15, 0.2) is 30.6 Å². The van der Waals surface area contributed by atoms with E-state index in [-0.39, 0.29) is 11.7 Å². The minimum Gasteiger partial charge on any atom is -0.491 e. The Morgan fingerprint density at radius 1 is 1.23 bits per heavy atom. The molecule has 0 saturated carbocycles. The van der Waals surface area contributed by atoms with E-state index in [0.29, 0.717) is 24.3 Å². The predicted octanol–water partition coefficient (Wildman–Crippen LogP) is 3.63. The molecule has 2 unspecified atom stereocenters. The number of nitrogens with one attached hydrogen (secondary N) is 1. The first kappa shape index (κ1) is 20.5. The predicted molar refractivity (Wildman–Crippen MR) is 122 cm³/mol. The van der Waals surface area contributed by atoms with Crippen LogP contribution in [-0.4, -0.2) is 47.9 Å². The number of ether oxygens (including phenoxy) is 2. The number of nitrogens with two attached hydrogens (primary N) is 1. The third kappa shape index (κ3) is 4.21. The molecule has 3 aliphatic rings. The summed E-state index contributed by atoms with van der Waals surface area (Å²) < 4.78 is 12.2. The van der Waals surface area contributed by atoms with Gasteiger partial charge < -0.3 is 25.4 Å². The van der Waals surface area contributed by atoms with Crippen LogP contribution in [0.1, 0.15) is 51.1 Å². The normalized spacial score (nSPS) is 25.5. The molecule has 7 heteroatoms. The summed E-state index contributed by atoms with van der Waals surface area (Å²) in [4.78, 5) is 11.2. The molecule has 2 fully saturated rings. The first-order valence-corrected chi connectivity index (χ1v) is 11.5. The van der Waals surface area contributed by atoms with Crippen LogP contribution in [0.4, 0.5) is 17.2 Å². The maximum Gasteiger partial charge on any atom is 0.151 e. The van der Waals surface area contributed by atoms with E-state index >= 15 is 0 Å². The van der Waals surface area contributed by atoms with Gasteiger partial charge in [0.1, 0.15) is 24.4 Å². The number of hydrogen-bond donors (Lipinski definition) is 2. The van der Waals surface area contributed by atoms with Crippen LogP contribution in [0.2, 0.25) is 0 Å². The summed E-state index contributed by atoms with van der Waals surface area (Å²) in [5, 5.41) is 3.47. The maximum absolute atomic E-state index is 6.34. The van der Waals surface area contributed by atoms with Crippen molar-refractivity contribution >= 4 is 17.2 Å². The minimum atomic E-state index is -0.0453. The van der Waals surface area contributed by atoms with Crippen molar-refractivity contribution in [1.82, 2.24) is 15.3 Å². The Bertz CT molecular complexity index is 928. The van der Waals surface area contributed by atoms with Crippen molar-refractivity contribution in [3.05, 3.63) is 36.3 Å². The number of hydrogen-bond acceptors (Lipinski definition) is 7. The summed E-state index contributed by atoms with van der Waals surface area (Å²) in [6, 6.07) is 8.27. The third-order valence-corrected chi connectivity index (χ3v) is 6.95. The molecule has 0 spiro atoms. The van der Waals surface area contributed by atoms with Crippen LogP contribution in [0, 0.1) is 5.92 Å². The zero-order valence-electron chi connectivity index (χ0n) is 18.5. The van der Waals surface area contributed by atoms with E-state index in [2.05, 4.69) is 46.2 Å². The highest BCUT2D eigenvalue weighted by Gasteiger charge is 2.38. The fraction of sp³-hybridized carbons (Fsp3) is 0.583. The Morgan fingerprint density at radius 2 is 2.06 bits per heavy atom. The van der Waals surface area contributed by atoms with E-state index in [4.69, 9.17) is 15.2 Å². The van der Waals surface area contributed by atoms with Crippen LogP contribution in [0.25, 0.3) is 0 Å². The zero-order valence-corrected chi connectivity index (χ0v) is 18.5. The quantitative estimate of drug-likeness (QED) is 0.759. The van der Waals surface area contributed by atoms with Gasteiger partial charge in [0.15, 0.2) is 5.82 Å². The van der Waals surface area contributed by atoms with Gasteiger partial charge in [0.2, 0.25) is 0 Å². The molecule has 31 heavy (non-hydrogen) atoms. The fourth-order valence-electron chi connectivity index (χ4n) is 5.31. The molecular formula is C24H33N5O2. The number of fused-ring (bicyclic) bond motifs is 1. The lowest BCUT2D eigenvalue weighted by atomic mass is 9.84. The van der Waals surface area contributed by atoms with Gasteiger partial charge in [-0.3, -0.25) is 0 Å². The maximum atomic E-state index is 6.34. The van der Waals surface area contributed by atoms with Gasteiger partial charge in [0, 0.05) is 24.2 Å². The summed E-state index contributed by atoms with van der Waals surface area (Å²) in [6.07, 6.45) is 6.21. The molecule has 0 amide bonds. The lowest BCUT2D eigenvalue weighted by Crippen LogP contribution is -2.32. The molecule has 2 saturated heterocycles. The number of nitrogen functional groups attached to an aromatic ring is 1.